The van der Waals surface area contributed by atoms with Crippen molar-refractivity contribution in [1.82, 2.24) is 5.06 Å². The first-order valence-electron chi connectivity index (χ1n) is 11.5. The van der Waals surface area contributed by atoms with Crippen LogP contribution in [0.3, 0.4) is 0 Å². The predicted octanol–water partition coefficient (Wildman–Crippen LogP) is 5.99. The summed E-state index contributed by atoms with van der Waals surface area (Å²) in [6.45, 7) is 4.33. The molecular formula is C28H27NO3. The molecule has 4 aromatic rings. The fraction of sp³-hybridized carbons (Fsp3) is 0.321. The van der Waals surface area contributed by atoms with E-state index >= 15 is 0 Å². The molecular weight excluding hydrogens is 398 g/mol. The van der Waals surface area contributed by atoms with Crippen LogP contribution in [0.25, 0.3) is 32.3 Å². The van der Waals surface area contributed by atoms with Crippen molar-refractivity contribution in [2.24, 2.45) is 5.41 Å². The molecule has 2 aliphatic rings. The quantitative estimate of drug-likeness (QED) is 0.216. The summed E-state index contributed by atoms with van der Waals surface area (Å²) in [4.78, 5) is 18.7. The Labute approximate surface area is 187 Å². The molecule has 0 N–H and O–H groups in total. The number of benzene rings is 4. The van der Waals surface area contributed by atoms with Gasteiger partial charge in [-0.3, -0.25) is 9.63 Å². The molecule has 2 atom stereocenters. The third-order valence-corrected chi connectivity index (χ3v) is 7.12. The van der Waals surface area contributed by atoms with Gasteiger partial charge in [0.15, 0.2) is 6.23 Å². The number of nitrogens with zero attached hydrogens (tertiary/aromatic N) is 1. The number of fused-ring (bicyclic) bond motifs is 2. The zero-order valence-electron chi connectivity index (χ0n) is 18.5. The first-order valence-corrected chi connectivity index (χ1v) is 11.5. The van der Waals surface area contributed by atoms with Crippen molar-refractivity contribution in [1.29, 1.82) is 0 Å². The van der Waals surface area contributed by atoms with Crippen LogP contribution >= 0.6 is 0 Å². The molecule has 1 saturated heterocycles. The summed E-state index contributed by atoms with van der Waals surface area (Å²) < 4.78 is 5.90. The van der Waals surface area contributed by atoms with Crippen LogP contribution in [-0.4, -0.2) is 29.9 Å². The van der Waals surface area contributed by atoms with Crippen molar-refractivity contribution >= 4 is 38.2 Å². The first kappa shape index (κ1) is 19.7. The third-order valence-electron chi connectivity index (χ3n) is 7.12. The van der Waals surface area contributed by atoms with E-state index in [-0.39, 0.29) is 12.0 Å². The standard InChI is InChI=1S/C28H27NO3/c1-28(2)23-15-16-24(32-23)29(27(28)30)31-17-4-3-6-18-9-10-21-12-11-19-7-5-8-20-13-14-22(18)26(21)25(19)20/h5,7-16,23-24H,3-4,6,17H2,1-2H3. The van der Waals surface area contributed by atoms with Crippen LogP contribution < -0.4 is 0 Å². The molecule has 2 bridgehead atoms. The lowest BCUT2D eigenvalue weighted by Crippen LogP contribution is -2.55. The van der Waals surface area contributed by atoms with E-state index in [2.05, 4.69) is 54.6 Å². The maximum atomic E-state index is 12.8. The number of unbranched alkanes of at least 4 members (excludes halogenated alkanes) is 1. The molecule has 6 rings (SSSR count). The average Bonchev–Trinajstić information content (AvgIpc) is 3.27. The summed E-state index contributed by atoms with van der Waals surface area (Å²) in [5, 5.41) is 9.39. The summed E-state index contributed by atoms with van der Waals surface area (Å²) in [7, 11) is 0. The highest BCUT2D eigenvalue weighted by Crippen LogP contribution is 2.39. The number of hydrogen-bond acceptors (Lipinski definition) is 3. The zero-order chi connectivity index (χ0) is 21.9. The summed E-state index contributed by atoms with van der Waals surface area (Å²) in [6.07, 6.45) is 6.21. The molecule has 4 nitrogen and oxygen atoms in total. The van der Waals surface area contributed by atoms with Crippen LogP contribution in [0.4, 0.5) is 0 Å². The van der Waals surface area contributed by atoms with Crippen molar-refractivity contribution < 1.29 is 14.4 Å². The van der Waals surface area contributed by atoms with Gasteiger partial charge >= 0.3 is 0 Å². The van der Waals surface area contributed by atoms with Crippen LogP contribution in [0.5, 0.6) is 0 Å². The lowest BCUT2D eigenvalue weighted by atomic mass is 9.85. The Bertz CT molecular complexity index is 1340. The van der Waals surface area contributed by atoms with Crippen LogP contribution in [0.1, 0.15) is 32.3 Å². The van der Waals surface area contributed by atoms with Crippen LogP contribution in [0.2, 0.25) is 0 Å². The van der Waals surface area contributed by atoms with Crippen molar-refractivity contribution in [2.75, 3.05) is 6.61 Å². The van der Waals surface area contributed by atoms with E-state index in [1.165, 1.54) is 42.9 Å². The van der Waals surface area contributed by atoms with E-state index in [0.717, 1.165) is 19.3 Å². The van der Waals surface area contributed by atoms with Crippen LogP contribution in [0, 0.1) is 5.41 Å². The average molecular weight is 426 g/mol. The highest BCUT2D eigenvalue weighted by molar-refractivity contribution is 6.23. The summed E-state index contributed by atoms with van der Waals surface area (Å²) in [5.41, 5.74) is 0.779. The van der Waals surface area contributed by atoms with E-state index in [4.69, 9.17) is 9.57 Å². The van der Waals surface area contributed by atoms with Crippen molar-refractivity contribution in [2.45, 2.75) is 45.4 Å². The van der Waals surface area contributed by atoms with Crippen molar-refractivity contribution in [3.8, 4) is 0 Å². The predicted molar refractivity (Wildman–Crippen MR) is 127 cm³/mol. The fourth-order valence-corrected chi connectivity index (χ4v) is 5.23. The number of carbonyl (C=O) groups excluding carboxylic acids is 1. The Morgan fingerprint density at radius 3 is 2.44 bits per heavy atom. The van der Waals surface area contributed by atoms with Gasteiger partial charge in [0.05, 0.1) is 18.1 Å². The van der Waals surface area contributed by atoms with Gasteiger partial charge in [0.1, 0.15) is 0 Å². The van der Waals surface area contributed by atoms with Gasteiger partial charge in [-0.2, -0.15) is 5.06 Å². The summed E-state index contributed by atoms with van der Waals surface area (Å²) in [5.74, 6) is -0.00414. The van der Waals surface area contributed by atoms with Gasteiger partial charge in [-0.15, -0.1) is 0 Å². The minimum absolute atomic E-state index is 0.00414. The lowest BCUT2D eigenvalue weighted by molar-refractivity contribution is -0.269. The molecule has 2 aliphatic heterocycles. The molecule has 162 valence electrons. The highest BCUT2D eigenvalue weighted by Gasteiger charge is 2.50. The monoisotopic (exact) mass is 425 g/mol. The Balaban J connectivity index is 1.15. The second kappa shape index (κ2) is 7.29. The molecule has 0 saturated carbocycles. The van der Waals surface area contributed by atoms with Crippen LogP contribution in [-0.2, 0) is 20.8 Å². The number of hydroxylamine groups is 2. The van der Waals surface area contributed by atoms with Gasteiger partial charge in [0.25, 0.3) is 5.91 Å². The topological polar surface area (TPSA) is 38.8 Å². The minimum atomic E-state index is -0.592. The van der Waals surface area contributed by atoms with Crippen molar-refractivity contribution in [3.63, 3.8) is 0 Å². The second-order valence-electron chi connectivity index (χ2n) is 9.56. The van der Waals surface area contributed by atoms with E-state index < -0.39 is 11.6 Å². The normalized spacial score (nSPS) is 22.1. The van der Waals surface area contributed by atoms with Gasteiger partial charge in [-0.25, -0.2) is 0 Å². The number of hydrogen-bond donors (Lipinski definition) is 0. The highest BCUT2D eigenvalue weighted by atomic mass is 16.7. The molecule has 2 unspecified atom stereocenters. The molecule has 1 amide bonds. The maximum Gasteiger partial charge on any atom is 0.257 e. The third kappa shape index (κ3) is 2.94. The molecule has 0 spiro atoms. The molecule has 0 aliphatic carbocycles. The molecule has 0 aromatic heterocycles. The molecule has 32 heavy (non-hydrogen) atoms. The van der Waals surface area contributed by atoms with E-state index in [9.17, 15) is 4.79 Å². The Kier molecular flexibility index (Phi) is 4.49. The van der Waals surface area contributed by atoms with Gasteiger partial charge in [-0.05, 0) is 77.1 Å². The maximum absolute atomic E-state index is 12.8. The van der Waals surface area contributed by atoms with E-state index in [0.29, 0.717) is 6.61 Å². The van der Waals surface area contributed by atoms with Crippen LogP contribution in [0.15, 0.2) is 66.7 Å². The molecule has 2 heterocycles. The Morgan fingerprint density at radius 1 is 0.906 bits per heavy atom. The van der Waals surface area contributed by atoms with Crippen molar-refractivity contribution in [3.05, 3.63) is 72.3 Å². The van der Waals surface area contributed by atoms with Gasteiger partial charge in [-0.1, -0.05) is 60.7 Å². The SMILES string of the molecule is CC1(C)C(=O)N(OCCCCc2ccc3ccc4cccc5ccc2c3c45)C2C=CC1O2. The summed E-state index contributed by atoms with van der Waals surface area (Å²) in [6, 6.07) is 20.0. The number of aryl methyl sites for hydroxylation is 1. The van der Waals surface area contributed by atoms with Gasteiger partial charge < -0.3 is 4.74 Å². The van der Waals surface area contributed by atoms with Gasteiger partial charge in [0.2, 0.25) is 0 Å². The number of ether oxygens (including phenoxy) is 1. The fourth-order valence-electron chi connectivity index (χ4n) is 5.23. The zero-order valence-corrected chi connectivity index (χ0v) is 18.5. The first-order chi connectivity index (χ1) is 15.5. The Morgan fingerprint density at radius 2 is 1.62 bits per heavy atom. The minimum Gasteiger partial charge on any atom is -0.344 e. The number of carbonyl (C=O) groups is 1. The second-order valence-corrected chi connectivity index (χ2v) is 9.56. The lowest BCUT2D eigenvalue weighted by Gasteiger charge is -2.41. The number of amides is 1. The van der Waals surface area contributed by atoms with Gasteiger partial charge in [0, 0.05) is 0 Å². The van der Waals surface area contributed by atoms with E-state index in [1.807, 2.05) is 26.0 Å². The molecule has 0 radical (unpaired) electrons. The Hall–Kier alpha value is -2.95. The summed E-state index contributed by atoms with van der Waals surface area (Å²) >= 11 is 0. The molecule has 4 aromatic carbocycles. The van der Waals surface area contributed by atoms with E-state index in [1.54, 1.807) is 0 Å². The number of rotatable bonds is 6. The molecule has 4 heteroatoms. The largest absolute Gasteiger partial charge is 0.344 e. The molecule has 1 fully saturated rings. The smallest absolute Gasteiger partial charge is 0.257 e.